The van der Waals surface area contributed by atoms with Crippen molar-refractivity contribution < 1.29 is 9.21 Å². The third-order valence-electron chi connectivity index (χ3n) is 2.86. The van der Waals surface area contributed by atoms with E-state index in [4.69, 9.17) is 4.42 Å². The van der Waals surface area contributed by atoms with Crippen molar-refractivity contribution in [2.75, 3.05) is 0 Å². The number of aromatic nitrogens is 1. The van der Waals surface area contributed by atoms with Gasteiger partial charge in [0.15, 0.2) is 5.78 Å². The van der Waals surface area contributed by atoms with Crippen molar-refractivity contribution in [2.45, 2.75) is 26.2 Å². The van der Waals surface area contributed by atoms with E-state index in [0.717, 1.165) is 34.1 Å². The van der Waals surface area contributed by atoms with Gasteiger partial charge in [-0.1, -0.05) is 0 Å². The molecule has 2 heterocycles. The maximum absolute atomic E-state index is 11.7. The Morgan fingerprint density at radius 2 is 2.31 bits per heavy atom. The molecule has 16 heavy (non-hydrogen) atoms. The molecule has 0 saturated carbocycles. The number of thiazole rings is 1. The number of nitrogens with zero attached hydrogens (tertiary/aromatic N) is 1. The average Bonchev–Trinajstić information content (AvgIpc) is 2.84. The number of fused-ring (bicyclic) bond motifs is 1. The first-order valence-corrected chi connectivity index (χ1v) is 6.15. The van der Waals surface area contributed by atoms with Crippen molar-refractivity contribution >= 4 is 17.1 Å². The fourth-order valence-corrected chi connectivity index (χ4v) is 3.18. The number of furan rings is 1. The van der Waals surface area contributed by atoms with Gasteiger partial charge in [-0.2, -0.15) is 0 Å². The van der Waals surface area contributed by atoms with Gasteiger partial charge >= 0.3 is 0 Å². The molecular formula is C12H11NO2S. The smallest absolute Gasteiger partial charge is 0.182 e. The van der Waals surface area contributed by atoms with Gasteiger partial charge in [-0.3, -0.25) is 4.79 Å². The summed E-state index contributed by atoms with van der Waals surface area (Å²) in [7, 11) is 0. The molecule has 0 aromatic carbocycles. The Labute approximate surface area is 97.1 Å². The molecule has 4 heteroatoms. The van der Waals surface area contributed by atoms with Crippen LogP contribution in [-0.2, 0) is 6.42 Å². The van der Waals surface area contributed by atoms with Gasteiger partial charge in [-0.15, -0.1) is 11.3 Å². The van der Waals surface area contributed by atoms with E-state index < -0.39 is 0 Å². The van der Waals surface area contributed by atoms with E-state index in [-0.39, 0.29) is 5.78 Å². The summed E-state index contributed by atoms with van der Waals surface area (Å²) in [5, 5.41) is 0.909. The third-order valence-corrected chi connectivity index (χ3v) is 4.01. The Kier molecular flexibility index (Phi) is 2.17. The van der Waals surface area contributed by atoms with E-state index in [1.807, 2.05) is 13.0 Å². The molecule has 1 aliphatic rings. The van der Waals surface area contributed by atoms with Crippen molar-refractivity contribution in [1.82, 2.24) is 4.98 Å². The van der Waals surface area contributed by atoms with Gasteiger partial charge in [0.1, 0.15) is 16.5 Å². The highest BCUT2D eigenvalue weighted by molar-refractivity contribution is 7.15. The summed E-state index contributed by atoms with van der Waals surface area (Å²) in [5.41, 5.74) is 1.69. The largest absolute Gasteiger partial charge is 0.469 e. The number of hydrogen-bond acceptors (Lipinski definition) is 4. The zero-order valence-corrected chi connectivity index (χ0v) is 9.76. The van der Waals surface area contributed by atoms with Crippen molar-refractivity contribution in [3.63, 3.8) is 0 Å². The molecule has 0 atom stereocenters. The Hall–Kier alpha value is -1.42. The van der Waals surface area contributed by atoms with E-state index in [2.05, 4.69) is 4.98 Å². The molecule has 0 aliphatic heterocycles. The van der Waals surface area contributed by atoms with Gasteiger partial charge < -0.3 is 4.42 Å². The molecule has 0 bridgehead atoms. The monoisotopic (exact) mass is 233 g/mol. The molecule has 0 spiro atoms. The maximum atomic E-state index is 11.7. The number of rotatable bonds is 1. The van der Waals surface area contributed by atoms with Gasteiger partial charge in [0, 0.05) is 11.3 Å². The zero-order chi connectivity index (χ0) is 11.1. The zero-order valence-electron chi connectivity index (χ0n) is 8.95. The van der Waals surface area contributed by atoms with Crippen molar-refractivity contribution in [3.05, 3.63) is 28.7 Å². The molecule has 1 aliphatic carbocycles. The van der Waals surface area contributed by atoms with E-state index in [1.54, 1.807) is 17.6 Å². The lowest BCUT2D eigenvalue weighted by Crippen LogP contribution is -2.08. The third kappa shape index (κ3) is 1.41. The van der Waals surface area contributed by atoms with Crippen LogP contribution in [-0.4, -0.2) is 10.8 Å². The molecule has 3 rings (SSSR count). The normalized spacial score (nSPS) is 15.2. The predicted octanol–water partition coefficient (Wildman–Crippen LogP) is 3.23. The fraction of sp³-hybridized carbons (Fsp3) is 0.333. The van der Waals surface area contributed by atoms with Crippen molar-refractivity contribution in [3.8, 4) is 10.6 Å². The highest BCUT2D eigenvalue weighted by Crippen LogP contribution is 2.34. The first kappa shape index (κ1) is 9.78. The van der Waals surface area contributed by atoms with Crippen LogP contribution >= 0.6 is 11.3 Å². The van der Waals surface area contributed by atoms with Crippen LogP contribution in [0.15, 0.2) is 16.7 Å². The van der Waals surface area contributed by atoms with Crippen molar-refractivity contribution in [1.29, 1.82) is 0 Å². The Balaban J connectivity index is 2.11. The lowest BCUT2D eigenvalue weighted by molar-refractivity contribution is 0.0968. The van der Waals surface area contributed by atoms with Gasteiger partial charge in [0.05, 0.1) is 11.8 Å². The van der Waals surface area contributed by atoms with E-state index in [9.17, 15) is 4.79 Å². The fourth-order valence-electron chi connectivity index (χ4n) is 1.99. The number of Topliss-reactive ketones (excluding diaryl/α,β-unsaturated/α-hetero) is 1. The Bertz CT molecular complexity index is 553. The highest BCUT2D eigenvalue weighted by atomic mass is 32.1. The van der Waals surface area contributed by atoms with Crippen LogP contribution in [0.25, 0.3) is 10.6 Å². The van der Waals surface area contributed by atoms with Gasteiger partial charge in [0.25, 0.3) is 0 Å². The lowest BCUT2D eigenvalue weighted by atomic mass is 10.0. The van der Waals surface area contributed by atoms with Crippen LogP contribution in [0.3, 0.4) is 0 Å². The first-order valence-electron chi connectivity index (χ1n) is 5.33. The molecule has 0 N–H and O–H groups in total. The number of aryl methyl sites for hydroxylation is 2. The second-order valence-electron chi connectivity index (χ2n) is 3.96. The summed E-state index contributed by atoms with van der Waals surface area (Å²) in [5.74, 6) is 1.04. The molecule has 0 amide bonds. The molecule has 0 fully saturated rings. The minimum atomic E-state index is 0.185. The molecule has 0 saturated heterocycles. The average molecular weight is 233 g/mol. The first-order chi connectivity index (χ1) is 7.75. The summed E-state index contributed by atoms with van der Waals surface area (Å²) < 4.78 is 5.26. The molecule has 0 radical (unpaired) electrons. The topological polar surface area (TPSA) is 43.1 Å². The molecular weight excluding hydrogens is 222 g/mol. The van der Waals surface area contributed by atoms with Crippen LogP contribution < -0.4 is 0 Å². The number of hydrogen-bond donors (Lipinski definition) is 0. The van der Waals surface area contributed by atoms with Gasteiger partial charge in [0.2, 0.25) is 0 Å². The predicted molar refractivity (Wildman–Crippen MR) is 61.8 cm³/mol. The molecule has 82 valence electrons. The summed E-state index contributed by atoms with van der Waals surface area (Å²) in [6.07, 6.45) is 4.24. The highest BCUT2D eigenvalue weighted by Gasteiger charge is 2.23. The van der Waals surface area contributed by atoms with Crippen LogP contribution in [0, 0.1) is 6.92 Å². The second-order valence-corrected chi connectivity index (χ2v) is 5.04. The summed E-state index contributed by atoms with van der Waals surface area (Å²) in [4.78, 5) is 17.2. The molecule has 2 aromatic heterocycles. The molecule has 3 nitrogen and oxygen atoms in total. The summed E-state index contributed by atoms with van der Waals surface area (Å²) in [6.45, 7) is 1.91. The SMILES string of the molecule is Cc1occc1-c1nc2c(s1)CCCC2=O. The Morgan fingerprint density at radius 1 is 1.44 bits per heavy atom. The number of carbonyl (C=O) groups is 1. The van der Waals surface area contributed by atoms with Crippen LogP contribution in [0.1, 0.15) is 34.0 Å². The van der Waals surface area contributed by atoms with Crippen LogP contribution in [0.2, 0.25) is 0 Å². The van der Waals surface area contributed by atoms with Crippen molar-refractivity contribution in [2.24, 2.45) is 0 Å². The number of carbonyl (C=O) groups excluding carboxylic acids is 1. The summed E-state index contributed by atoms with van der Waals surface area (Å²) in [6, 6.07) is 1.91. The van der Waals surface area contributed by atoms with E-state index in [1.165, 1.54) is 0 Å². The standard InChI is InChI=1S/C12H11NO2S/c1-7-8(5-6-15-7)12-13-11-9(14)3-2-4-10(11)16-12/h5-6H,2-4H2,1H3. The van der Waals surface area contributed by atoms with Crippen LogP contribution in [0.5, 0.6) is 0 Å². The number of ketones is 1. The van der Waals surface area contributed by atoms with E-state index >= 15 is 0 Å². The molecule has 2 aromatic rings. The second kappa shape index (κ2) is 3.56. The minimum Gasteiger partial charge on any atom is -0.469 e. The minimum absolute atomic E-state index is 0.185. The van der Waals surface area contributed by atoms with Crippen LogP contribution in [0.4, 0.5) is 0 Å². The maximum Gasteiger partial charge on any atom is 0.182 e. The summed E-state index contributed by atoms with van der Waals surface area (Å²) >= 11 is 1.62. The lowest BCUT2D eigenvalue weighted by Gasteiger charge is -2.06. The van der Waals surface area contributed by atoms with E-state index in [0.29, 0.717) is 12.1 Å². The Morgan fingerprint density at radius 3 is 3.00 bits per heavy atom. The molecule has 0 unspecified atom stereocenters. The van der Waals surface area contributed by atoms with Gasteiger partial charge in [-0.25, -0.2) is 4.98 Å². The quantitative estimate of drug-likeness (QED) is 0.759. The van der Waals surface area contributed by atoms with Gasteiger partial charge in [-0.05, 0) is 25.8 Å².